The van der Waals surface area contributed by atoms with E-state index in [-0.39, 0.29) is 0 Å². The predicted octanol–water partition coefficient (Wildman–Crippen LogP) is 8.74. The Labute approximate surface area is 177 Å². The molecule has 162 valence electrons. The van der Waals surface area contributed by atoms with Crippen molar-refractivity contribution in [2.75, 3.05) is 0 Å². The van der Waals surface area contributed by atoms with Crippen LogP contribution >= 0.6 is 0 Å². The maximum absolute atomic E-state index is 2.75. The van der Waals surface area contributed by atoms with Crippen LogP contribution in [0.4, 0.5) is 0 Å². The second-order valence-corrected chi connectivity index (χ2v) is 12.9. The molecule has 0 spiro atoms. The van der Waals surface area contributed by atoms with Crippen molar-refractivity contribution in [3.8, 4) is 0 Å². The van der Waals surface area contributed by atoms with E-state index in [4.69, 9.17) is 0 Å². The molecule has 0 heteroatoms. The Morgan fingerprint density at radius 1 is 0.714 bits per heavy atom. The summed E-state index contributed by atoms with van der Waals surface area (Å²) in [6.07, 6.45) is 18.4. The van der Waals surface area contributed by atoms with Gasteiger partial charge in [0.15, 0.2) is 0 Å². The molecule has 0 unspecified atom stereocenters. The highest BCUT2D eigenvalue weighted by Gasteiger charge is 2.60. The molecule has 0 aliphatic heterocycles. The van der Waals surface area contributed by atoms with Crippen LogP contribution in [0.25, 0.3) is 0 Å². The van der Waals surface area contributed by atoms with Crippen molar-refractivity contribution < 1.29 is 0 Å². The van der Waals surface area contributed by atoms with Crippen molar-refractivity contribution in [1.82, 2.24) is 0 Å². The van der Waals surface area contributed by atoms with E-state index in [9.17, 15) is 0 Å². The molecule has 0 aromatic heterocycles. The summed E-state index contributed by atoms with van der Waals surface area (Å²) in [5, 5.41) is 0. The zero-order valence-corrected chi connectivity index (χ0v) is 20.1. The van der Waals surface area contributed by atoms with Gasteiger partial charge in [0.25, 0.3) is 0 Å². The van der Waals surface area contributed by atoms with Gasteiger partial charge in [0.05, 0.1) is 0 Å². The summed E-state index contributed by atoms with van der Waals surface area (Å²) in [5.41, 5.74) is 1.37. The van der Waals surface area contributed by atoms with Crippen LogP contribution in [0.2, 0.25) is 0 Å². The highest BCUT2D eigenvalue weighted by Crippen LogP contribution is 2.68. The molecule has 28 heavy (non-hydrogen) atoms. The summed E-state index contributed by atoms with van der Waals surface area (Å²) in [6.45, 7) is 15.4. The lowest BCUT2D eigenvalue weighted by Crippen LogP contribution is -2.53. The third-order valence-electron chi connectivity index (χ3n) is 11.6. The van der Waals surface area contributed by atoms with Gasteiger partial charge in [0, 0.05) is 0 Å². The lowest BCUT2D eigenvalue weighted by molar-refractivity contribution is -0.114. The molecule has 4 aliphatic carbocycles. The number of hydrogen-bond acceptors (Lipinski definition) is 0. The van der Waals surface area contributed by atoms with E-state index in [1.54, 1.807) is 51.4 Å². The molecule has 0 amide bonds. The largest absolute Gasteiger partial charge is 0.0625 e. The van der Waals surface area contributed by atoms with Gasteiger partial charge in [-0.3, -0.25) is 0 Å². The maximum Gasteiger partial charge on any atom is -0.0264 e. The predicted molar refractivity (Wildman–Crippen MR) is 122 cm³/mol. The first-order valence-corrected chi connectivity index (χ1v) is 13.3. The molecule has 0 aromatic rings. The number of rotatable bonds is 5. The van der Waals surface area contributed by atoms with E-state index in [0.29, 0.717) is 10.8 Å². The molecule has 4 fully saturated rings. The minimum Gasteiger partial charge on any atom is -0.0625 e. The fourth-order valence-corrected chi connectivity index (χ4v) is 9.33. The van der Waals surface area contributed by atoms with E-state index in [1.165, 1.54) is 25.7 Å². The lowest BCUT2D eigenvalue weighted by Gasteiger charge is -2.61. The molecule has 4 rings (SSSR count). The minimum absolute atomic E-state index is 0.666. The molecule has 0 radical (unpaired) electrons. The van der Waals surface area contributed by atoms with Crippen molar-refractivity contribution >= 4 is 0 Å². The van der Waals surface area contributed by atoms with Crippen LogP contribution < -0.4 is 0 Å². The van der Waals surface area contributed by atoms with Crippen molar-refractivity contribution in [2.45, 2.75) is 119 Å². The second kappa shape index (κ2) is 7.92. The molecule has 4 saturated carbocycles. The van der Waals surface area contributed by atoms with Gasteiger partial charge in [-0.1, -0.05) is 67.2 Å². The standard InChI is InChI=1S/C28H50/c1-19(2)20(3)10-11-21(4)24-14-15-25-23-13-12-22-9-7-8-17-27(22,5)26(23)16-18-28(24,25)6/h19-26H,7-18H2,1-6H3/t20-,21+,22+,23-,24-,25-,26-,27-,28+/m0/s1. The van der Waals surface area contributed by atoms with Gasteiger partial charge in [-0.2, -0.15) is 0 Å². The van der Waals surface area contributed by atoms with Crippen molar-refractivity contribution in [3.05, 3.63) is 0 Å². The summed E-state index contributed by atoms with van der Waals surface area (Å²) >= 11 is 0. The quantitative estimate of drug-likeness (QED) is 0.443. The molecular formula is C28H50. The first kappa shape index (κ1) is 21.2. The third-order valence-corrected chi connectivity index (χ3v) is 11.6. The van der Waals surface area contributed by atoms with Gasteiger partial charge in [0.1, 0.15) is 0 Å². The lowest BCUT2D eigenvalue weighted by atomic mass is 9.44. The third kappa shape index (κ3) is 3.41. The SMILES string of the molecule is CC(C)[C@@H](C)CC[C@@H](C)[C@@H]1CC[C@H]2[C@@H]3CC[C@H]4CCCC[C@]4(C)[C@H]3CC[C@@]21C. The van der Waals surface area contributed by atoms with E-state index in [1.807, 2.05) is 0 Å². The van der Waals surface area contributed by atoms with Crippen molar-refractivity contribution in [3.63, 3.8) is 0 Å². The van der Waals surface area contributed by atoms with Gasteiger partial charge in [-0.15, -0.1) is 0 Å². The summed E-state index contributed by atoms with van der Waals surface area (Å²) in [7, 11) is 0. The Kier molecular flexibility index (Phi) is 6.01. The van der Waals surface area contributed by atoms with Crippen molar-refractivity contribution in [1.29, 1.82) is 0 Å². The fourth-order valence-electron chi connectivity index (χ4n) is 9.33. The molecule has 0 N–H and O–H groups in total. The molecule has 4 aliphatic rings. The molecule has 0 saturated heterocycles. The Balaban J connectivity index is 1.46. The van der Waals surface area contributed by atoms with E-state index >= 15 is 0 Å². The zero-order chi connectivity index (χ0) is 20.1. The van der Waals surface area contributed by atoms with Crippen LogP contribution in [-0.2, 0) is 0 Å². The van der Waals surface area contributed by atoms with Gasteiger partial charge in [0.2, 0.25) is 0 Å². The molecule has 0 heterocycles. The zero-order valence-electron chi connectivity index (χ0n) is 20.1. The second-order valence-electron chi connectivity index (χ2n) is 12.9. The summed E-state index contributed by atoms with van der Waals surface area (Å²) < 4.78 is 0. The smallest absolute Gasteiger partial charge is 0.0264 e. The van der Waals surface area contributed by atoms with Crippen LogP contribution in [0.5, 0.6) is 0 Å². The Hall–Kier alpha value is 0. The normalized spacial score (nSPS) is 47.9. The highest BCUT2D eigenvalue weighted by atomic mass is 14.6. The van der Waals surface area contributed by atoms with E-state index in [2.05, 4.69) is 41.5 Å². The Morgan fingerprint density at radius 3 is 2.21 bits per heavy atom. The monoisotopic (exact) mass is 386 g/mol. The van der Waals surface area contributed by atoms with Crippen molar-refractivity contribution in [2.24, 2.45) is 58.2 Å². The molecule has 0 aromatic carbocycles. The molecule has 9 atom stereocenters. The summed E-state index contributed by atoms with van der Waals surface area (Å²) in [5.74, 6) is 7.96. The summed E-state index contributed by atoms with van der Waals surface area (Å²) in [6, 6.07) is 0. The first-order chi connectivity index (χ1) is 13.3. The molecule has 0 nitrogen and oxygen atoms in total. The Bertz CT molecular complexity index is 534. The van der Waals surface area contributed by atoms with Gasteiger partial charge >= 0.3 is 0 Å². The van der Waals surface area contributed by atoms with Crippen LogP contribution in [0, 0.1) is 58.2 Å². The maximum atomic E-state index is 2.75. The molecular weight excluding hydrogens is 336 g/mol. The number of hydrogen-bond donors (Lipinski definition) is 0. The molecule has 0 bridgehead atoms. The van der Waals surface area contributed by atoms with Crippen LogP contribution in [-0.4, -0.2) is 0 Å². The average molecular weight is 387 g/mol. The van der Waals surface area contributed by atoms with Gasteiger partial charge in [-0.25, -0.2) is 0 Å². The van der Waals surface area contributed by atoms with Crippen LogP contribution in [0.3, 0.4) is 0 Å². The summed E-state index contributed by atoms with van der Waals surface area (Å²) in [4.78, 5) is 0. The van der Waals surface area contributed by atoms with Gasteiger partial charge < -0.3 is 0 Å². The average Bonchev–Trinajstić information content (AvgIpc) is 3.02. The number of fused-ring (bicyclic) bond motifs is 5. The van der Waals surface area contributed by atoms with Crippen LogP contribution in [0.1, 0.15) is 119 Å². The highest BCUT2D eigenvalue weighted by molar-refractivity contribution is 5.09. The fraction of sp³-hybridized carbons (Fsp3) is 1.00. The topological polar surface area (TPSA) is 0 Å². The Morgan fingerprint density at radius 2 is 1.46 bits per heavy atom. The van der Waals surface area contributed by atoms with Crippen LogP contribution in [0.15, 0.2) is 0 Å². The van der Waals surface area contributed by atoms with Gasteiger partial charge in [-0.05, 0) is 110 Å². The minimum atomic E-state index is 0.666. The first-order valence-electron chi connectivity index (χ1n) is 13.3. The van der Waals surface area contributed by atoms with E-state index < -0.39 is 0 Å². The van der Waals surface area contributed by atoms with E-state index in [0.717, 1.165) is 47.3 Å².